The molecule has 1 aromatic heterocycles. The third-order valence-electron chi connectivity index (χ3n) is 18.8. The maximum absolute atomic E-state index is 14.0. The Kier molecular flexibility index (Phi) is 10.6. The van der Waals surface area contributed by atoms with Crippen molar-refractivity contribution in [3.63, 3.8) is 0 Å². The van der Waals surface area contributed by atoms with Crippen LogP contribution in [0.2, 0.25) is 0 Å². The molecule has 8 rings (SSSR count). The molecule has 4 saturated carbocycles. The number of fused-ring (bicyclic) bond motifs is 6. The van der Waals surface area contributed by atoms with E-state index in [0.29, 0.717) is 38.7 Å². The molecule has 16 atom stereocenters. The van der Waals surface area contributed by atoms with E-state index in [1.54, 1.807) is 7.11 Å². The van der Waals surface area contributed by atoms with E-state index in [-0.39, 0.29) is 28.6 Å². The number of aliphatic hydroxyl groups is 4. The SMILES string of the molecule is CCc1c[nH]cc1CC[C@]12CC[C@H](O[C@@H]3O[C@H](C(=O)O)[C@@H](O)[C@H](O)[C@H]3O)C(C)(C)[C@@H]1CC[C@]1(C)[C@@H]2CC=C2[C@@]1(C)CC[C@@]1(C(=O)O)[C@H](COC)C[C@]3(C)CC=C[C@]21[C@H]3O. The van der Waals surface area contributed by atoms with Crippen LogP contribution in [0.3, 0.4) is 0 Å². The Balaban J connectivity index is 1.22. The van der Waals surface area contributed by atoms with Crippen molar-refractivity contribution in [2.45, 2.75) is 162 Å². The Hall–Kier alpha value is -2.58. The van der Waals surface area contributed by atoms with E-state index in [1.807, 2.05) is 0 Å². The summed E-state index contributed by atoms with van der Waals surface area (Å²) in [7, 11) is 1.65. The highest BCUT2D eigenvalue weighted by Crippen LogP contribution is 2.80. The molecular formula is C47H69NO11. The summed E-state index contributed by atoms with van der Waals surface area (Å²) in [4.78, 5) is 29.3. The Morgan fingerprint density at radius 1 is 0.915 bits per heavy atom. The molecule has 1 spiro atoms. The maximum atomic E-state index is 14.0. The second-order valence-corrected chi connectivity index (χ2v) is 21.2. The number of allylic oxidation sites excluding steroid dienone is 2. The number of aromatic nitrogens is 1. The predicted molar refractivity (Wildman–Crippen MR) is 218 cm³/mol. The number of carbonyl (C=O) groups is 2. The third-order valence-corrected chi connectivity index (χ3v) is 18.8. The van der Waals surface area contributed by atoms with Crippen molar-refractivity contribution in [2.75, 3.05) is 13.7 Å². The van der Waals surface area contributed by atoms with E-state index in [1.165, 1.54) is 11.1 Å². The lowest BCUT2D eigenvalue weighted by atomic mass is 9.28. The number of aliphatic carboxylic acids is 2. The monoisotopic (exact) mass is 823 g/mol. The molecule has 0 aromatic carbocycles. The van der Waals surface area contributed by atoms with Crippen LogP contribution in [0.5, 0.6) is 0 Å². The van der Waals surface area contributed by atoms with Gasteiger partial charge in [0.25, 0.3) is 0 Å². The molecule has 7 aliphatic rings. The molecule has 5 fully saturated rings. The normalized spacial score (nSPS) is 48.5. The lowest BCUT2D eigenvalue weighted by Gasteiger charge is -2.75. The number of hydrogen-bond donors (Lipinski definition) is 7. The predicted octanol–water partition coefficient (Wildman–Crippen LogP) is 5.81. The number of carboxylic acids is 2. The minimum absolute atomic E-state index is 0.157. The Morgan fingerprint density at radius 3 is 2.32 bits per heavy atom. The Morgan fingerprint density at radius 2 is 1.64 bits per heavy atom. The summed E-state index contributed by atoms with van der Waals surface area (Å²) in [5.41, 5.74) is -0.329. The van der Waals surface area contributed by atoms with Crippen molar-refractivity contribution in [1.82, 2.24) is 4.98 Å². The van der Waals surface area contributed by atoms with Gasteiger partial charge in [0.15, 0.2) is 12.4 Å². The maximum Gasteiger partial charge on any atom is 0.335 e. The van der Waals surface area contributed by atoms with Gasteiger partial charge in [-0.25, -0.2) is 4.79 Å². The van der Waals surface area contributed by atoms with E-state index >= 15 is 0 Å². The highest BCUT2D eigenvalue weighted by molar-refractivity contribution is 5.80. The first-order valence-electron chi connectivity index (χ1n) is 22.3. The van der Waals surface area contributed by atoms with Crippen LogP contribution in [0.1, 0.15) is 117 Å². The molecule has 2 heterocycles. The molecule has 328 valence electrons. The molecule has 1 saturated heterocycles. The highest BCUT2D eigenvalue weighted by atomic mass is 16.7. The molecule has 0 unspecified atom stereocenters. The van der Waals surface area contributed by atoms with Crippen molar-refractivity contribution in [3.8, 4) is 0 Å². The minimum atomic E-state index is -1.80. The first kappa shape index (κ1) is 43.1. The van der Waals surface area contributed by atoms with E-state index in [4.69, 9.17) is 14.2 Å². The molecule has 2 bridgehead atoms. The first-order valence-corrected chi connectivity index (χ1v) is 22.3. The summed E-state index contributed by atoms with van der Waals surface area (Å²) < 4.78 is 18.0. The van der Waals surface area contributed by atoms with Gasteiger partial charge >= 0.3 is 11.9 Å². The largest absolute Gasteiger partial charge is 0.481 e. The average Bonchev–Trinajstić information content (AvgIpc) is 3.64. The number of carboxylic acid groups (broad SMARTS) is 2. The fraction of sp³-hybridized carbons (Fsp3) is 0.787. The molecular weight excluding hydrogens is 755 g/mol. The quantitative estimate of drug-likeness (QED) is 0.111. The van der Waals surface area contributed by atoms with Gasteiger partial charge in [-0.2, -0.15) is 0 Å². The van der Waals surface area contributed by atoms with E-state index in [2.05, 4.69) is 77.1 Å². The molecule has 12 heteroatoms. The van der Waals surface area contributed by atoms with Crippen LogP contribution in [0.15, 0.2) is 36.2 Å². The van der Waals surface area contributed by atoms with Crippen LogP contribution in [-0.2, 0) is 36.6 Å². The summed E-state index contributed by atoms with van der Waals surface area (Å²) in [6, 6.07) is 0. The first-order chi connectivity index (χ1) is 27.8. The zero-order chi connectivity index (χ0) is 42.7. The van der Waals surface area contributed by atoms with Gasteiger partial charge in [-0.15, -0.1) is 0 Å². The molecule has 1 aliphatic heterocycles. The zero-order valence-electron chi connectivity index (χ0n) is 36.1. The number of rotatable bonds is 10. The van der Waals surface area contributed by atoms with Crippen molar-refractivity contribution >= 4 is 11.9 Å². The third kappa shape index (κ3) is 5.64. The van der Waals surface area contributed by atoms with Gasteiger partial charge in [0, 0.05) is 25.4 Å². The molecule has 12 nitrogen and oxygen atoms in total. The van der Waals surface area contributed by atoms with Crippen molar-refractivity contribution in [2.24, 2.45) is 55.7 Å². The summed E-state index contributed by atoms with van der Waals surface area (Å²) >= 11 is 0. The molecule has 1 aromatic rings. The fourth-order valence-corrected chi connectivity index (χ4v) is 15.7. The van der Waals surface area contributed by atoms with Gasteiger partial charge in [-0.05, 0) is 127 Å². The van der Waals surface area contributed by atoms with Gasteiger partial charge in [0.05, 0.1) is 29.6 Å². The van der Waals surface area contributed by atoms with Crippen LogP contribution < -0.4 is 0 Å². The minimum Gasteiger partial charge on any atom is -0.481 e. The summed E-state index contributed by atoms with van der Waals surface area (Å²) in [5.74, 6) is -2.16. The molecule has 6 aliphatic carbocycles. The summed E-state index contributed by atoms with van der Waals surface area (Å²) in [6.07, 6.45) is 10.4. The highest BCUT2D eigenvalue weighted by Gasteiger charge is 2.78. The summed E-state index contributed by atoms with van der Waals surface area (Å²) in [6.45, 7) is 13.9. The second kappa shape index (κ2) is 14.5. The van der Waals surface area contributed by atoms with E-state index < -0.39 is 81.9 Å². The van der Waals surface area contributed by atoms with Crippen LogP contribution in [0.25, 0.3) is 0 Å². The number of aromatic amines is 1. The number of nitrogens with one attached hydrogen (secondary N) is 1. The second-order valence-electron chi connectivity index (χ2n) is 21.2. The smallest absolute Gasteiger partial charge is 0.335 e. The number of H-pyrrole nitrogens is 1. The number of methoxy groups -OCH3 is 1. The molecule has 7 N–H and O–H groups in total. The van der Waals surface area contributed by atoms with E-state index in [0.717, 1.165) is 50.5 Å². The number of hydrogen-bond acceptors (Lipinski definition) is 9. The standard InChI is InChI=1S/C47H69NO11/c1-8-26-23-48-24-27(26)12-18-45-19-14-32(58-38-35(51)33(49)34(50)36(59-38)37(52)53)41(2,3)29(45)13-17-43(5)30(45)10-11-31-44(43,6)20-21-46(40(55)56)28(25-57-7)22-42(4)15-9-16-47(31,46)39(42)54/h9,11,16,23-24,28-30,32-36,38-39,48-51,54H,8,10,12-15,17-22,25H2,1-7H3,(H,52,53)(H,55,56)/t28-,29-,30-,32-,33-,34-,35+,36-,38+,39-,42-,43+,44+,45-,46-,47+/m0/s1. The van der Waals surface area contributed by atoms with Gasteiger partial charge in [0.2, 0.25) is 0 Å². The summed E-state index contributed by atoms with van der Waals surface area (Å²) in [5, 5.41) is 66.1. The van der Waals surface area contributed by atoms with Crippen LogP contribution in [-0.4, -0.2) is 104 Å². The number of ether oxygens (including phenoxy) is 3. The fourth-order valence-electron chi connectivity index (χ4n) is 15.7. The number of aliphatic hydroxyl groups excluding tert-OH is 4. The average molecular weight is 824 g/mol. The van der Waals surface area contributed by atoms with Gasteiger partial charge in [-0.1, -0.05) is 65.3 Å². The topological polar surface area (TPSA) is 199 Å². The van der Waals surface area contributed by atoms with Crippen LogP contribution in [0, 0.1) is 55.7 Å². The van der Waals surface area contributed by atoms with E-state index in [9.17, 15) is 40.2 Å². The van der Waals surface area contributed by atoms with Crippen LogP contribution >= 0.6 is 0 Å². The molecule has 59 heavy (non-hydrogen) atoms. The molecule has 0 amide bonds. The van der Waals surface area contributed by atoms with Crippen molar-refractivity contribution in [1.29, 1.82) is 0 Å². The zero-order valence-corrected chi connectivity index (χ0v) is 36.1. The van der Waals surface area contributed by atoms with Crippen molar-refractivity contribution < 1.29 is 54.4 Å². The Bertz CT molecular complexity index is 1870. The Labute approximate surface area is 348 Å². The lowest BCUT2D eigenvalue weighted by Crippen LogP contribution is -2.73. The van der Waals surface area contributed by atoms with Gasteiger partial charge < -0.3 is 49.8 Å². The number of aryl methyl sites for hydroxylation is 2. The van der Waals surface area contributed by atoms with Gasteiger partial charge in [-0.3, -0.25) is 4.79 Å². The van der Waals surface area contributed by atoms with Gasteiger partial charge in [0.1, 0.15) is 18.3 Å². The lowest BCUT2D eigenvalue weighted by molar-refractivity contribution is -0.325. The van der Waals surface area contributed by atoms with Crippen LogP contribution in [0.4, 0.5) is 0 Å². The van der Waals surface area contributed by atoms with Crippen molar-refractivity contribution in [3.05, 3.63) is 47.3 Å². The molecule has 0 radical (unpaired) electrons.